The number of carbonyl (C=O) groups excluding carboxylic acids is 1. The highest BCUT2D eigenvalue weighted by Crippen LogP contribution is 2.35. The van der Waals surface area contributed by atoms with Gasteiger partial charge in [0.25, 0.3) is 0 Å². The maximum Gasteiger partial charge on any atom is 0.220 e. The summed E-state index contributed by atoms with van der Waals surface area (Å²) in [6.07, 6.45) is 1.18. The summed E-state index contributed by atoms with van der Waals surface area (Å²) in [5.74, 6) is 1.02. The van der Waals surface area contributed by atoms with E-state index in [4.69, 9.17) is 4.74 Å². The van der Waals surface area contributed by atoms with Crippen LogP contribution in [0.5, 0.6) is 5.75 Å². The number of carbonyl (C=O) groups is 1. The minimum absolute atomic E-state index is 0.0266. The second kappa shape index (κ2) is 8.17. The Morgan fingerprint density at radius 2 is 1.92 bits per heavy atom. The molecule has 3 rings (SSSR count). The Morgan fingerprint density at radius 1 is 1.20 bits per heavy atom. The first kappa shape index (κ1) is 17.5. The van der Waals surface area contributed by atoms with E-state index in [1.54, 1.807) is 0 Å². The van der Waals surface area contributed by atoms with Crippen molar-refractivity contribution >= 4 is 5.91 Å². The number of hydrogen-bond donors (Lipinski definition) is 2. The Kier molecular flexibility index (Phi) is 5.71. The fourth-order valence-electron chi connectivity index (χ4n) is 3.29. The molecular weight excluding hydrogens is 314 g/mol. The lowest BCUT2D eigenvalue weighted by atomic mass is 9.90. The van der Waals surface area contributed by atoms with Crippen LogP contribution in [0.4, 0.5) is 0 Å². The van der Waals surface area contributed by atoms with E-state index in [9.17, 15) is 9.90 Å². The number of hydrogen-bond acceptors (Lipinski definition) is 3. The molecule has 0 bridgehead atoms. The van der Waals surface area contributed by atoms with E-state index >= 15 is 0 Å². The first-order chi connectivity index (χ1) is 12.1. The Labute approximate surface area is 148 Å². The molecule has 0 spiro atoms. The Morgan fingerprint density at radius 3 is 2.72 bits per heavy atom. The Bertz CT molecular complexity index is 701. The highest BCUT2D eigenvalue weighted by molar-refractivity contribution is 5.77. The van der Waals surface area contributed by atoms with Crippen molar-refractivity contribution in [2.24, 2.45) is 0 Å². The van der Waals surface area contributed by atoms with E-state index in [0.717, 1.165) is 23.3 Å². The molecule has 0 aromatic heterocycles. The Hall–Kier alpha value is -2.33. The molecular formula is C21H25NO3. The highest BCUT2D eigenvalue weighted by atomic mass is 16.5. The number of ether oxygens (including phenoxy) is 1. The van der Waals surface area contributed by atoms with Crippen molar-refractivity contribution in [2.45, 2.75) is 44.2 Å². The molecule has 132 valence electrons. The van der Waals surface area contributed by atoms with Gasteiger partial charge in [-0.3, -0.25) is 4.79 Å². The van der Waals surface area contributed by atoms with Crippen molar-refractivity contribution in [3.63, 3.8) is 0 Å². The zero-order valence-corrected chi connectivity index (χ0v) is 14.5. The predicted molar refractivity (Wildman–Crippen MR) is 97.7 cm³/mol. The molecule has 2 N–H and O–H groups in total. The number of benzene rings is 2. The zero-order chi connectivity index (χ0) is 17.6. The van der Waals surface area contributed by atoms with Gasteiger partial charge in [0, 0.05) is 12.8 Å². The molecule has 3 unspecified atom stereocenters. The summed E-state index contributed by atoms with van der Waals surface area (Å²) in [5, 5.41) is 13.3. The molecule has 4 nitrogen and oxygen atoms in total. The number of para-hydroxylation sites is 1. The van der Waals surface area contributed by atoms with Crippen molar-refractivity contribution in [1.29, 1.82) is 0 Å². The summed E-state index contributed by atoms with van der Waals surface area (Å²) in [5.41, 5.74) is 2.16. The van der Waals surface area contributed by atoms with Gasteiger partial charge in [-0.1, -0.05) is 48.5 Å². The van der Waals surface area contributed by atoms with Crippen LogP contribution >= 0.6 is 0 Å². The molecule has 0 saturated heterocycles. The van der Waals surface area contributed by atoms with Gasteiger partial charge in [0.2, 0.25) is 5.91 Å². The number of amides is 1. The molecule has 1 aliphatic rings. The van der Waals surface area contributed by atoms with E-state index in [-0.39, 0.29) is 17.9 Å². The summed E-state index contributed by atoms with van der Waals surface area (Å²) in [7, 11) is 0. The maximum atomic E-state index is 12.4. The maximum absolute atomic E-state index is 12.4. The minimum atomic E-state index is -0.603. The fraction of sp³-hybridized carbons (Fsp3) is 0.381. The van der Waals surface area contributed by atoms with Gasteiger partial charge in [-0.25, -0.2) is 0 Å². The molecule has 0 fully saturated rings. The molecule has 0 saturated carbocycles. The third-order valence-corrected chi connectivity index (χ3v) is 4.77. The van der Waals surface area contributed by atoms with Crippen LogP contribution in [0.1, 0.15) is 36.8 Å². The second-order valence-corrected chi connectivity index (χ2v) is 6.69. The highest BCUT2D eigenvalue weighted by Gasteiger charge is 2.25. The summed E-state index contributed by atoms with van der Waals surface area (Å²) in [6, 6.07) is 17.4. The van der Waals surface area contributed by atoms with Gasteiger partial charge in [0.05, 0.1) is 18.8 Å². The van der Waals surface area contributed by atoms with E-state index < -0.39 is 6.10 Å². The van der Waals surface area contributed by atoms with Gasteiger partial charge in [-0.15, -0.1) is 0 Å². The smallest absolute Gasteiger partial charge is 0.220 e. The van der Waals surface area contributed by atoms with Crippen molar-refractivity contribution in [3.8, 4) is 5.75 Å². The summed E-state index contributed by atoms with van der Waals surface area (Å²) in [6.45, 7) is 2.49. The normalized spacial score (nSPS) is 18.6. The van der Waals surface area contributed by atoms with Crippen molar-refractivity contribution in [1.82, 2.24) is 5.32 Å². The summed E-state index contributed by atoms with van der Waals surface area (Å²) >= 11 is 0. The van der Waals surface area contributed by atoms with Crippen LogP contribution in [0, 0.1) is 0 Å². The van der Waals surface area contributed by atoms with Crippen LogP contribution in [-0.2, 0) is 11.2 Å². The third-order valence-electron chi connectivity index (χ3n) is 4.77. The molecule has 3 atom stereocenters. The van der Waals surface area contributed by atoms with Gasteiger partial charge in [0.15, 0.2) is 0 Å². The van der Waals surface area contributed by atoms with Crippen LogP contribution in [0.25, 0.3) is 0 Å². The molecule has 4 heteroatoms. The second-order valence-electron chi connectivity index (χ2n) is 6.69. The number of aliphatic hydroxyl groups excluding tert-OH is 1. The largest absolute Gasteiger partial charge is 0.493 e. The van der Waals surface area contributed by atoms with Gasteiger partial charge in [-0.2, -0.15) is 0 Å². The number of aliphatic hydroxyl groups is 1. The van der Waals surface area contributed by atoms with Gasteiger partial charge in [-0.05, 0) is 36.5 Å². The average Bonchev–Trinajstić information content (AvgIpc) is 2.63. The molecule has 0 radical (unpaired) electrons. The lowest BCUT2D eigenvalue weighted by Gasteiger charge is -2.26. The van der Waals surface area contributed by atoms with Crippen LogP contribution in [0.3, 0.4) is 0 Å². The first-order valence-corrected chi connectivity index (χ1v) is 8.86. The standard InChI is InChI=1S/C21H25NO3/c1-15(19(23)13-16-7-3-2-4-8-16)22-21(24)14-17-11-12-25-20-10-6-5-9-18(17)20/h2-10,15,17,19,23H,11-14H2,1H3,(H,22,24). The van der Waals surface area contributed by atoms with Gasteiger partial charge < -0.3 is 15.2 Å². The van der Waals surface area contributed by atoms with Crippen LogP contribution in [-0.4, -0.2) is 29.8 Å². The van der Waals surface area contributed by atoms with Gasteiger partial charge >= 0.3 is 0 Å². The number of rotatable bonds is 6. The summed E-state index contributed by atoms with van der Waals surface area (Å²) in [4.78, 5) is 12.4. The van der Waals surface area contributed by atoms with Crippen LogP contribution in [0.2, 0.25) is 0 Å². The fourth-order valence-corrected chi connectivity index (χ4v) is 3.29. The summed E-state index contributed by atoms with van der Waals surface area (Å²) < 4.78 is 5.65. The molecule has 1 heterocycles. The van der Waals surface area contributed by atoms with E-state index in [0.29, 0.717) is 19.4 Å². The lowest BCUT2D eigenvalue weighted by molar-refractivity contribution is -0.123. The quantitative estimate of drug-likeness (QED) is 0.850. The monoisotopic (exact) mass is 339 g/mol. The average molecular weight is 339 g/mol. The lowest BCUT2D eigenvalue weighted by Crippen LogP contribution is -2.42. The first-order valence-electron chi connectivity index (χ1n) is 8.86. The van der Waals surface area contributed by atoms with Crippen molar-refractivity contribution in [2.75, 3.05) is 6.61 Å². The van der Waals surface area contributed by atoms with Crippen molar-refractivity contribution < 1.29 is 14.6 Å². The molecule has 0 aliphatic carbocycles. The van der Waals surface area contributed by atoms with Crippen LogP contribution in [0.15, 0.2) is 54.6 Å². The molecule has 1 amide bonds. The van der Waals surface area contributed by atoms with Crippen LogP contribution < -0.4 is 10.1 Å². The third kappa shape index (κ3) is 4.60. The molecule has 2 aromatic rings. The zero-order valence-electron chi connectivity index (χ0n) is 14.5. The topological polar surface area (TPSA) is 58.6 Å². The van der Waals surface area contributed by atoms with E-state index in [1.165, 1.54) is 0 Å². The number of fused-ring (bicyclic) bond motifs is 1. The molecule has 2 aromatic carbocycles. The van der Waals surface area contributed by atoms with Crippen molar-refractivity contribution in [3.05, 3.63) is 65.7 Å². The Balaban J connectivity index is 1.54. The van der Waals surface area contributed by atoms with E-state index in [2.05, 4.69) is 5.32 Å². The van der Waals surface area contributed by atoms with E-state index in [1.807, 2.05) is 61.5 Å². The molecule has 1 aliphatic heterocycles. The molecule has 25 heavy (non-hydrogen) atoms. The SMILES string of the molecule is CC(NC(=O)CC1CCOc2ccccc21)C(O)Cc1ccccc1. The predicted octanol–water partition coefficient (Wildman–Crippen LogP) is 3.05. The van der Waals surface area contributed by atoms with Gasteiger partial charge in [0.1, 0.15) is 5.75 Å². The number of nitrogens with one attached hydrogen (secondary N) is 1. The minimum Gasteiger partial charge on any atom is -0.493 e.